The van der Waals surface area contributed by atoms with Gasteiger partial charge in [0.15, 0.2) is 0 Å². The lowest BCUT2D eigenvalue weighted by Crippen LogP contribution is -2.54. The van der Waals surface area contributed by atoms with Gasteiger partial charge in [0.25, 0.3) is 0 Å². The summed E-state index contributed by atoms with van der Waals surface area (Å²) in [5.41, 5.74) is 0.381. The zero-order valence-electron chi connectivity index (χ0n) is 15.5. The highest BCUT2D eigenvalue weighted by atomic mass is 16.5. The van der Waals surface area contributed by atoms with Crippen LogP contribution in [0.3, 0.4) is 0 Å². The number of hydrogen-bond acceptors (Lipinski definition) is 3. The van der Waals surface area contributed by atoms with Gasteiger partial charge in [-0.05, 0) is 80.5 Å². The van der Waals surface area contributed by atoms with Crippen LogP contribution in [0.4, 0.5) is 0 Å². The van der Waals surface area contributed by atoms with E-state index in [-0.39, 0.29) is 17.5 Å². The number of ether oxygens (including phenoxy) is 1. The Kier molecular flexibility index (Phi) is 3.85. The van der Waals surface area contributed by atoms with Crippen LogP contribution >= 0.6 is 0 Å². The molecule has 4 fully saturated rings. The Bertz CT molecular complexity index is 555. The minimum atomic E-state index is -0.129. The Hall–Kier alpha value is -0.860. The Balaban J connectivity index is 1.54. The van der Waals surface area contributed by atoms with Crippen molar-refractivity contribution in [2.45, 2.75) is 84.7 Å². The summed E-state index contributed by atoms with van der Waals surface area (Å²) >= 11 is 0. The quantitative estimate of drug-likeness (QED) is 0.663. The van der Waals surface area contributed by atoms with Gasteiger partial charge < -0.3 is 4.74 Å². The summed E-state index contributed by atoms with van der Waals surface area (Å²) < 4.78 is 5.54. The average molecular weight is 332 g/mol. The Morgan fingerprint density at radius 2 is 1.83 bits per heavy atom. The van der Waals surface area contributed by atoms with Crippen molar-refractivity contribution in [3.63, 3.8) is 0 Å². The molecule has 24 heavy (non-hydrogen) atoms. The fraction of sp³-hybridized carbons (Fsp3) is 0.905. The minimum Gasteiger partial charge on any atom is -0.463 e. The molecule has 0 spiro atoms. The van der Waals surface area contributed by atoms with Gasteiger partial charge in [0.1, 0.15) is 11.9 Å². The van der Waals surface area contributed by atoms with E-state index in [9.17, 15) is 9.59 Å². The molecule has 0 heterocycles. The molecule has 3 unspecified atom stereocenters. The van der Waals surface area contributed by atoms with Crippen molar-refractivity contribution in [1.29, 1.82) is 0 Å². The van der Waals surface area contributed by atoms with E-state index in [1.807, 2.05) is 0 Å². The normalized spacial score (nSPS) is 50.6. The minimum absolute atomic E-state index is 0.0146. The maximum Gasteiger partial charge on any atom is 0.302 e. The highest BCUT2D eigenvalue weighted by molar-refractivity contribution is 5.87. The van der Waals surface area contributed by atoms with Crippen molar-refractivity contribution in [3.05, 3.63) is 0 Å². The summed E-state index contributed by atoms with van der Waals surface area (Å²) in [5, 5.41) is 0. The van der Waals surface area contributed by atoms with E-state index in [2.05, 4.69) is 13.8 Å². The highest BCUT2D eigenvalue weighted by Crippen LogP contribution is 2.65. The van der Waals surface area contributed by atoms with Gasteiger partial charge in [-0.15, -0.1) is 0 Å². The van der Waals surface area contributed by atoms with Crippen LogP contribution in [0.2, 0.25) is 0 Å². The second-order valence-corrected chi connectivity index (χ2v) is 9.58. The van der Waals surface area contributed by atoms with Crippen molar-refractivity contribution < 1.29 is 14.3 Å². The topological polar surface area (TPSA) is 43.4 Å². The number of carbonyl (C=O) groups excluding carboxylic acids is 2. The van der Waals surface area contributed by atoms with Crippen LogP contribution in [0.25, 0.3) is 0 Å². The van der Waals surface area contributed by atoms with Gasteiger partial charge >= 0.3 is 5.97 Å². The van der Waals surface area contributed by atoms with E-state index >= 15 is 0 Å². The summed E-state index contributed by atoms with van der Waals surface area (Å²) in [4.78, 5) is 23.8. The molecular weight excluding hydrogens is 300 g/mol. The third kappa shape index (κ3) is 2.29. The second kappa shape index (κ2) is 5.57. The maximum absolute atomic E-state index is 12.5. The molecule has 4 aliphatic carbocycles. The number of Topliss-reactive ketones (excluding diaryl/α,β-unsaturated/α-hetero) is 1. The zero-order chi connectivity index (χ0) is 17.1. The lowest BCUT2D eigenvalue weighted by Gasteiger charge is -2.60. The maximum atomic E-state index is 12.5. The number of fused-ring (bicyclic) bond motifs is 5. The first-order chi connectivity index (χ1) is 11.3. The molecule has 0 amide bonds. The molecule has 3 heteroatoms. The third-order valence-electron chi connectivity index (χ3n) is 8.66. The first kappa shape index (κ1) is 16.6. The van der Waals surface area contributed by atoms with Gasteiger partial charge in [-0.2, -0.15) is 0 Å². The van der Waals surface area contributed by atoms with Gasteiger partial charge in [0.2, 0.25) is 0 Å². The number of carbonyl (C=O) groups is 2. The Morgan fingerprint density at radius 1 is 1.04 bits per heavy atom. The Labute approximate surface area is 145 Å². The third-order valence-corrected chi connectivity index (χ3v) is 8.66. The van der Waals surface area contributed by atoms with Gasteiger partial charge in [-0.3, -0.25) is 9.59 Å². The van der Waals surface area contributed by atoms with Gasteiger partial charge in [-0.25, -0.2) is 0 Å². The molecule has 4 aliphatic rings. The van der Waals surface area contributed by atoms with Crippen LogP contribution in [0.15, 0.2) is 0 Å². The molecule has 134 valence electrons. The van der Waals surface area contributed by atoms with E-state index in [0.29, 0.717) is 23.0 Å². The van der Waals surface area contributed by atoms with Gasteiger partial charge in [0, 0.05) is 18.8 Å². The standard InChI is InChI=1S/C21H32O3/c1-13(22)24-15-8-10-20(2)14(12-15)4-5-16-17-6-7-19(23)21(17,3)11-9-18(16)20/h14-18H,4-12H2,1-3H3/t14-,15-,16?,17?,18?,20+,21+/m1/s1. The lowest BCUT2D eigenvalue weighted by molar-refractivity contribution is -0.160. The number of hydrogen-bond donors (Lipinski definition) is 0. The summed E-state index contributed by atoms with van der Waals surface area (Å²) in [5.74, 6) is 3.26. The van der Waals surface area contributed by atoms with Crippen LogP contribution in [-0.2, 0) is 14.3 Å². The molecule has 0 aliphatic heterocycles. The lowest BCUT2D eigenvalue weighted by atomic mass is 9.45. The van der Waals surface area contributed by atoms with E-state index < -0.39 is 0 Å². The molecular formula is C21H32O3. The smallest absolute Gasteiger partial charge is 0.302 e. The second-order valence-electron chi connectivity index (χ2n) is 9.58. The molecule has 0 radical (unpaired) electrons. The van der Waals surface area contributed by atoms with Gasteiger partial charge in [-0.1, -0.05) is 13.8 Å². The van der Waals surface area contributed by atoms with Crippen molar-refractivity contribution >= 4 is 11.8 Å². The van der Waals surface area contributed by atoms with E-state index in [0.717, 1.165) is 43.9 Å². The summed E-state index contributed by atoms with van der Waals surface area (Å²) in [6.45, 7) is 6.30. The average Bonchev–Trinajstić information content (AvgIpc) is 2.83. The molecule has 0 aromatic carbocycles. The molecule has 7 atom stereocenters. The first-order valence-electron chi connectivity index (χ1n) is 10.0. The molecule has 0 saturated heterocycles. The molecule has 0 bridgehead atoms. The SMILES string of the molecule is CC(=O)O[C@@H]1CC[C@]2(C)C3CC[C@]4(C)C(=O)CCC4C3CC[C@@H]2C1. The zero-order valence-corrected chi connectivity index (χ0v) is 15.5. The molecule has 0 N–H and O–H groups in total. The molecule has 3 nitrogen and oxygen atoms in total. The van der Waals surface area contributed by atoms with Crippen molar-refractivity contribution in [3.8, 4) is 0 Å². The van der Waals surface area contributed by atoms with Crippen molar-refractivity contribution in [1.82, 2.24) is 0 Å². The first-order valence-corrected chi connectivity index (χ1v) is 10.0. The Morgan fingerprint density at radius 3 is 2.58 bits per heavy atom. The van der Waals surface area contributed by atoms with E-state index in [1.54, 1.807) is 0 Å². The number of ketones is 1. The van der Waals surface area contributed by atoms with Crippen LogP contribution in [0.5, 0.6) is 0 Å². The number of rotatable bonds is 1. The largest absolute Gasteiger partial charge is 0.463 e. The molecule has 4 rings (SSSR count). The van der Waals surface area contributed by atoms with E-state index in [4.69, 9.17) is 4.74 Å². The van der Waals surface area contributed by atoms with Crippen LogP contribution < -0.4 is 0 Å². The summed E-state index contributed by atoms with van der Waals surface area (Å²) in [6.07, 6.45) is 10.2. The predicted octanol–water partition coefficient (Wildman–Crippen LogP) is 4.53. The fourth-order valence-electron chi connectivity index (χ4n) is 7.33. The van der Waals surface area contributed by atoms with Crippen LogP contribution in [-0.4, -0.2) is 17.9 Å². The monoisotopic (exact) mass is 332 g/mol. The van der Waals surface area contributed by atoms with Crippen molar-refractivity contribution in [2.75, 3.05) is 0 Å². The van der Waals surface area contributed by atoms with Crippen LogP contribution in [0, 0.1) is 34.5 Å². The fourth-order valence-corrected chi connectivity index (χ4v) is 7.33. The van der Waals surface area contributed by atoms with Gasteiger partial charge in [0.05, 0.1) is 0 Å². The highest BCUT2D eigenvalue weighted by Gasteiger charge is 2.60. The molecule has 0 aromatic rings. The number of esters is 1. The predicted molar refractivity (Wildman–Crippen MR) is 92.3 cm³/mol. The van der Waals surface area contributed by atoms with Crippen LogP contribution in [0.1, 0.15) is 78.6 Å². The van der Waals surface area contributed by atoms with Crippen molar-refractivity contribution in [2.24, 2.45) is 34.5 Å². The molecule has 4 saturated carbocycles. The van der Waals surface area contributed by atoms with E-state index in [1.165, 1.54) is 32.6 Å². The molecule has 0 aromatic heterocycles. The summed E-state index contributed by atoms with van der Waals surface area (Å²) in [7, 11) is 0. The summed E-state index contributed by atoms with van der Waals surface area (Å²) in [6, 6.07) is 0.